The highest BCUT2D eigenvalue weighted by Gasteiger charge is 2.08. The van der Waals surface area contributed by atoms with E-state index in [2.05, 4.69) is 5.32 Å². The first-order valence-corrected chi connectivity index (χ1v) is 6.00. The summed E-state index contributed by atoms with van der Waals surface area (Å²) in [5, 5.41) is 3.02. The molecule has 1 aromatic carbocycles. The molecule has 0 heterocycles. The SMILES string of the molecule is CC(=O)c1ccc(OCC(=O)NC(C)C)c(Cl)c1. The van der Waals surface area contributed by atoms with E-state index in [0.717, 1.165) is 0 Å². The number of nitrogens with one attached hydrogen (secondary N) is 1. The molecule has 5 heteroatoms. The predicted octanol–water partition coefficient (Wildman–Crippen LogP) is 2.45. The zero-order chi connectivity index (χ0) is 13.7. The van der Waals surface area contributed by atoms with E-state index in [4.69, 9.17) is 16.3 Å². The van der Waals surface area contributed by atoms with E-state index < -0.39 is 0 Å². The fraction of sp³-hybridized carbons (Fsp3) is 0.385. The van der Waals surface area contributed by atoms with Crippen LogP contribution in [0, 0.1) is 0 Å². The monoisotopic (exact) mass is 269 g/mol. The maximum atomic E-state index is 11.4. The quantitative estimate of drug-likeness (QED) is 0.836. The summed E-state index contributed by atoms with van der Waals surface area (Å²) in [4.78, 5) is 22.5. The third-order valence-electron chi connectivity index (χ3n) is 2.15. The van der Waals surface area contributed by atoms with E-state index >= 15 is 0 Å². The van der Waals surface area contributed by atoms with Crippen LogP contribution in [-0.4, -0.2) is 24.3 Å². The topological polar surface area (TPSA) is 55.4 Å². The van der Waals surface area contributed by atoms with Crippen LogP contribution in [0.2, 0.25) is 5.02 Å². The maximum Gasteiger partial charge on any atom is 0.258 e. The Labute approximate surface area is 111 Å². The smallest absolute Gasteiger partial charge is 0.258 e. The van der Waals surface area contributed by atoms with Gasteiger partial charge in [0.25, 0.3) is 5.91 Å². The molecule has 0 spiro atoms. The normalized spacial score (nSPS) is 10.3. The van der Waals surface area contributed by atoms with E-state index in [0.29, 0.717) is 16.3 Å². The fourth-order valence-corrected chi connectivity index (χ4v) is 1.58. The van der Waals surface area contributed by atoms with E-state index in [1.165, 1.54) is 13.0 Å². The second kappa shape index (κ2) is 6.40. The summed E-state index contributed by atoms with van der Waals surface area (Å²) in [5.74, 6) is 0.110. The molecule has 18 heavy (non-hydrogen) atoms. The minimum Gasteiger partial charge on any atom is -0.482 e. The summed E-state index contributed by atoms with van der Waals surface area (Å²) < 4.78 is 5.28. The molecule has 0 saturated carbocycles. The van der Waals surface area contributed by atoms with Gasteiger partial charge >= 0.3 is 0 Å². The number of benzene rings is 1. The van der Waals surface area contributed by atoms with Crippen molar-refractivity contribution in [3.8, 4) is 5.75 Å². The molecule has 0 atom stereocenters. The van der Waals surface area contributed by atoms with Gasteiger partial charge in [0, 0.05) is 11.6 Å². The lowest BCUT2D eigenvalue weighted by Gasteiger charge is -2.11. The number of amides is 1. The van der Waals surface area contributed by atoms with Crippen LogP contribution in [0.25, 0.3) is 0 Å². The zero-order valence-corrected chi connectivity index (χ0v) is 11.4. The van der Waals surface area contributed by atoms with E-state index in [1.54, 1.807) is 12.1 Å². The molecule has 0 unspecified atom stereocenters. The van der Waals surface area contributed by atoms with Crippen LogP contribution >= 0.6 is 11.6 Å². The van der Waals surface area contributed by atoms with E-state index in [9.17, 15) is 9.59 Å². The fourth-order valence-electron chi connectivity index (χ4n) is 1.34. The average molecular weight is 270 g/mol. The Kier molecular flexibility index (Phi) is 5.16. The summed E-state index contributed by atoms with van der Waals surface area (Å²) in [7, 11) is 0. The third kappa shape index (κ3) is 4.37. The first-order valence-electron chi connectivity index (χ1n) is 5.62. The van der Waals surface area contributed by atoms with Crippen molar-refractivity contribution in [2.75, 3.05) is 6.61 Å². The number of carbonyl (C=O) groups excluding carboxylic acids is 2. The highest BCUT2D eigenvalue weighted by molar-refractivity contribution is 6.32. The van der Waals surface area contributed by atoms with Crippen LogP contribution < -0.4 is 10.1 Å². The van der Waals surface area contributed by atoms with Gasteiger partial charge in [-0.3, -0.25) is 9.59 Å². The molecule has 0 radical (unpaired) electrons. The minimum atomic E-state index is -0.211. The lowest BCUT2D eigenvalue weighted by Crippen LogP contribution is -2.34. The van der Waals surface area contributed by atoms with Crippen LogP contribution in [0.1, 0.15) is 31.1 Å². The van der Waals surface area contributed by atoms with Crippen molar-refractivity contribution in [3.05, 3.63) is 28.8 Å². The molecule has 0 aromatic heterocycles. The van der Waals surface area contributed by atoms with Gasteiger partial charge in [-0.15, -0.1) is 0 Å². The first-order chi connectivity index (χ1) is 8.40. The van der Waals surface area contributed by atoms with E-state index in [1.807, 2.05) is 13.8 Å². The largest absolute Gasteiger partial charge is 0.482 e. The molecule has 0 fully saturated rings. The van der Waals surface area contributed by atoms with Gasteiger partial charge < -0.3 is 10.1 Å². The number of hydrogen-bond donors (Lipinski definition) is 1. The molecule has 0 saturated heterocycles. The standard InChI is InChI=1S/C13H16ClNO3/c1-8(2)15-13(17)7-18-12-5-4-10(9(3)16)6-11(12)14/h4-6,8H,7H2,1-3H3,(H,15,17). The Bertz CT molecular complexity index is 458. The van der Waals surface area contributed by atoms with Crippen LogP contribution in [-0.2, 0) is 4.79 Å². The Hall–Kier alpha value is -1.55. The first kappa shape index (κ1) is 14.5. The Morgan fingerprint density at radius 3 is 2.56 bits per heavy atom. The van der Waals surface area contributed by atoms with Crippen molar-refractivity contribution in [1.29, 1.82) is 0 Å². The lowest BCUT2D eigenvalue weighted by atomic mass is 10.1. The molecule has 0 aliphatic carbocycles. The summed E-state index contributed by atoms with van der Waals surface area (Å²) in [6, 6.07) is 4.79. The number of hydrogen-bond acceptors (Lipinski definition) is 3. The van der Waals surface area contributed by atoms with Gasteiger partial charge in [0.2, 0.25) is 0 Å². The summed E-state index contributed by atoms with van der Waals surface area (Å²) in [6.45, 7) is 5.10. The molecule has 0 aliphatic heterocycles. The van der Waals surface area contributed by atoms with Crippen LogP contribution in [0.15, 0.2) is 18.2 Å². The van der Waals surface area contributed by atoms with Crippen molar-refractivity contribution < 1.29 is 14.3 Å². The molecule has 0 bridgehead atoms. The number of ketones is 1. The number of carbonyl (C=O) groups is 2. The average Bonchev–Trinajstić information content (AvgIpc) is 2.26. The Morgan fingerprint density at radius 1 is 1.39 bits per heavy atom. The van der Waals surface area contributed by atoms with Crippen molar-refractivity contribution in [3.63, 3.8) is 0 Å². The second-order valence-corrected chi connectivity index (χ2v) is 4.62. The highest BCUT2D eigenvalue weighted by Crippen LogP contribution is 2.25. The number of Topliss-reactive ketones (excluding diaryl/α,β-unsaturated/α-hetero) is 1. The number of halogens is 1. The third-order valence-corrected chi connectivity index (χ3v) is 2.44. The molecule has 1 aromatic rings. The van der Waals surface area contributed by atoms with Crippen LogP contribution in [0.3, 0.4) is 0 Å². The maximum absolute atomic E-state index is 11.4. The van der Waals surface area contributed by atoms with Crippen molar-refractivity contribution in [2.24, 2.45) is 0 Å². The molecule has 98 valence electrons. The zero-order valence-electron chi connectivity index (χ0n) is 10.6. The van der Waals surface area contributed by atoms with Gasteiger partial charge in [0.05, 0.1) is 5.02 Å². The summed E-state index contributed by atoms with van der Waals surface area (Å²) in [5.41, 5.74) is 0.513. The molecule has 0 aliphatic rings. The van der Waals surface area contributed by atoms with Gasteiger partial charge in [-0.2, -0.15) is 0 Å². The number of ether oxygens (including phenoxy) is 1. The van der Waals surface area contributed by atoms with Crippen molar-refractivity contribution in [1.82, 2.24) is 5.32 Å². The molecule has 1 rings (SSSR count). The molecule has 4 nitrogen and oxygen atoms in total. The molecular formula is C13H16ClNO3. The minimum absolute atomic E-state index is 0.0664. The molecular weight excluding hydrogens is 254 g/mol. The second-order valence-electron chi connectivity index (χ2n) is 4.21. The van der Waals surface area contributed by atoms with Crippen molar-refractivity contribution >= 4 is 23.3 Å². The Morgan fingerprint density at radius 2 is 2.06 bits per heavy atom. The van der Waals surface area contributed by atoms with Crippen LogP contribution in [0.4, 0.5) is 0 Å². The number of rotatable bonds is 5. The summed E-state index contributed by atoms with van der Waals surface area (Å²) in [6.07, 6.45) is 0. The summed E-state index contributed by atoms with van der Waals surface area (Å²) >= 11 is 5.95. The predicted molar refractivity (Wildman–Crippen MR) is 70.2 cm³/mol. The van der Waals surface area contributed by atoms with Gasteiger partial charge in [0.15, 0.2) is 12.4 Å². The lowest BCUT2D eigenvalue weighted by molar-refractivity contribution is -0.123. The molecule has 1 N–H and O–H groups in total. The highest BCUT2D eigenvalue weighted by atomic mass is 35.5. The van der Waals surface area contributed by atoms with Gasteiger partial charge in [-0.1, -0.05) is 11.6 Å². The van der Waals surface area contributed by atoms with Gasteiger partial charge in [-0.25, -0.2) is 0 Å². The van der Waals surface area contributed by atoms with Gasteiger partial charge in [0.1, 0.15) is 5.75 Å². The van der Waals surface area contributed by atoms with Gasteiger partial charge in [-0.05, 0) is 39.0 Å². The molecule has 1 amide bonds. The van der Waals surface area contributed by atoms with Crippen LogP contribution in [0.5, 0.6) is 5.75 Å². The van der Waals surface area contributed by atoms with E-state index in [-0.39, 0.29) is 24.3 Å². The van der Waals surface area contributed by atoms with Crippen molar-refractivity contribution in [2.45, 2.75) is 26.8 Å². The Balaban J connectivity index is 2.63.